The van der Waals surface area contributed by atoms with Crippen LogP contribution in [-0.2, 0) is 11.2 Å². The molecule has 0 aliphatic heterocycles. The van der Waals surface area contributed by atoms with Crippen LogP contribution in [0, 0.1) is 0 Å². The van der Waals surface area contributed by atoms with Gasteiger partial charge in [-0.3, -0.25) is 14.9 Å². The van der Waals surface area contributed by atoms with Crippen molar-refractivity contribution >= 4 is 28.3 Å². The van der Waals surface area contributed by atoms with Gasteiger partial charge >= 0.3 is 0 Å². The van der Waals surface area contributed by atoms with Crippen molar-refractivity contribution in [1.29, 1.82) is 0 Å². The Morgan fingerprint density at radius 3 is 2.38 bits per heavy atom. The minimum atomic E-state index is -0.214. The Hall–Kier alpha value is -2.99. The topological polar surface area (TPSA) is 71.1 Å². The van der Waals surface area contributed by atoms with Gasteiger partial charge in [0.05, 0.1) is 18.2 Å². The molecule has 1 aromatic heterocycles. The summed E-state index contributed by atoms with van der Waals surface area (Å²) in [5.74, 6) is -0.318. The number of aromatic nitrogens is 1. The lowest BCUT2D eigenvalue weighted by molar-refractivity contribution is -0.121. The maximum absolute atomic E-state index is 12.2. The first-order valence-electron chi connectivity index (χ1n) is 8.27. The Morgan fingerprint density at radius 1 is 1.04 bits per heavy atom. The summed E-state index contributed by atoms with van der Waals surface area (Å²) in [6.45, 7) is 1.94. The van der Waals surface area contributed by atoms with Crippen LogP contribution in [0.3, 0.4) is 0 Å². The number of benzene rings is 2. The third-order valence-corrected chi connectivity index (χ3v) is 4.63. The first-order valence-corrected chi connectivity index (χ1v) is 9.15. The van der Waals surface area contributed by atoms with Gasteiger partial charge in [-0.15, -0.1) is 11.3 Å². The Bertz CT molecular complexity index is 878. The van der Waals surface area contributed by atoms with Gasteiger partial charge in [0.25, 0.3) is 5.91 Å². The number of nitrogens with zero attached hydrogens (tertiary/aromatic N) is 1. The third kappa shape index (κ3) is 4.77. The van der Waals surface area contributed by atoms with Crippen molar-refractivity contribution in [2.75, 3.05) is 5.32 Å². The van der Waals surface area contributed by atoms with Crippen LogP contribution >= 0.6 is 11.3 Å². The van der Waals surface area contributed by atoms with E-state index in [0.29, 0.717) is 16.4 Å². The quantitative estimate of drug-likeness (QED) is 0.698. The molecule has 0 saturated heterocycles. The molecule has 0 bridgehead atoms. The van der Waals surface area contributed by atoms with Gasteiger partial charge < -0.3 is 5.32 Å². The number of carbonyl (C=O) groups excluding carboxylic acids is 2. The molecule has 5 nitrogen and oxygen atoms in total. The lowest BCUT2D eigenvalue weighted by Gasteiger charge is -2.13. The lowest BCUT2D eigenvalue weighted by Crippen LogP contribution is -2.28. The van der Waals surface area contributed by atoms with Crippen LogP contribution in [0.15, 0.2) is 66.0 Å². The van der Waals surface area contributed by atoms with E-state index in [1.54, 1.807) is 29.6 Å². The van der Waals surface area contributed by atoms with E-state index < -0.39 is 0 Å². The standard InChI is InChI=1S/C20H19N3O2S/c1-14(15-8-4-2-5-9-15)21-18(24)12-17-13-26-20(22-17)23-19(25)16-10-6-3-7-11-16/h2-11,13-14H,12H2,1H3,(H,21,24)(H,22,23,25). The van der Waals surface area contributed by atoms with Gasteiger partial charge in [-0.05, 0) is 24.6 Å². The SMILES string of the molecule is CC(NC(=O)Cc1csc(NC(=O)c2ccccc2)n1)c1ccccc1. The van der Waals surface area contributed by atoms with Crippen molar-refractivity contribution in [2.24, 2.45) is 0 Å². The van der Waals surface area contributed by atoms with Gasteiger partial charge in [-0.1, -0.05) is 48.5 Å². The zero-order valence-electron chi connectivity index (χ0n) is 14.3. The largest absolute Gasteiger partial charge is 0.349 e. The smallest absolute Gasteiger partial charge is 0.257 e. The molecule has 0 spiro atoms. The molecular weight excluding hydrogens is 346 g/mol. The first kappa shape index (κ1) is 17.8. The van der Waals surface area contributed by atoms with E-state index in [1.807, 2.05) is 43.3 Å². The maximum atomic E-state index is 12.2. The summed E-state index contributed by atoms with van der Waals surface area (Å²) in [5.41, 5.74) is 2.25. The van der Waals surface area contributed by atoms with Crippen LogP contribution in [0.1, 0.15) is 34.6 Å². The number of thiazole rings is 1. The summed E-state index contributed by atoms with van der Waals surface area (Å²) in [6, 6.07) is 18.7. The van der Waals surface area contributed by atoms with Crippen molar-refractivity contribution in [3.63, 3.8) is 0 Å². The number of hydrogen-bond donors (Lipinski definition) is 2. The minimum absolute atomic E-state index is 0.0698. The molecule has 2 N–H and O–H groups in total. The molecule has 132 valence electrons. The second kappa shape index (κ2) is 8.40. The summed E-state index contributed by atoms with van der Waals surface area (Å²) < 4.78 is 0. The summed E-state index contributed by atoms with van der Waals surface area (Å²) in [7, 11) is 0. The molecule has 6 heteroatoms. The van der Waals surface area contributed by atoms with Gasteiger partial charge in [0, 0.05) is 10.9 Å². The van der Waals surface area contributed by atoms with E-state index in [4.69, 9.17) is 0 Å². The predicted octanol–water partition coefficient (Wildman–Crippen LogP) is 3.82. The second-order valence-corrected chi connectivity index (χ2v) is 6.70. The summed E-state index contributed by atoms with van der Waals surface area (Å²) >= 11 is 1.31. The number of hydrogen-bond acceptors (Lipinski definition) is 4. The van der Waals surface area contributed by atoms with E-state index in [0.717, 1.165) is 5.56 Å². The summed E-state index contributed by atoms with van der Waals surface area (Å²) in [5, 5.41) is 7.98. The Balaban J connectivity index is 1.55. The normalized spacial score (nSPS) is 11.6. The molecule has 0 fully saturated rings. The summed E-state index contributed by atoms with van der Waals surface area (Å²) in [6.07, 6.45) is 0.175. The fraction of sp³-hybridized carbons (Fsp3) is 0.150. The average molecular weight is 365 g/mol. The number of carbonyl (C=O) groups is 2. The van der Waals surface area contributed by atoms with Gasteiger partial charge in [0.2, 0.25) is 5.91 Å². The number of nitrogens with one attached hydrogen (secondary N) is 2. The molecule has 3 rings (SSSR count). The van der Waals surface area contributed by atoms with Gasteiger partial charge in [-0.2, -0.15) is 0 Å². The van der Waals surface area contributed by atoms with Crippen molar-refractivity contribution in [2.45, 2.75) is 19.4 Å². The predicted molar refractivity (Wildman–Crippen MR) is 103 cm³/mol. The number of rotatable bonds is 6. The molecule has 1 heterocycles. The molecule has 1 unspecified atom stereocenters. The third-order valence-electron chi connectivity index (χ3n) is 3.83. The highest BCUT2D eigenvalue weighted by Gasteiger charge is 2.13. The Kier molecular flexibility index (Phi) is 5.76. The minimum Gasteiger partial charge on any atom is -0.349 e. The number of amides is 2. The highest BCUT2D eigenvalue weighted by Crippen LogP contribution is 2.17. The summed E-state index contributed by atoms with van der Waals surface area (Å²) in [4.78, 5) is 28.7. The molecule has 2 amide bonds. The van der Waals surface area contributed by atoms with Crippen LogP contribution in [0.5, 0.6) is 0 Å². The zero-order valence-corrected chi connectivity index (χ0v) is 15.1. The zero-order chi connectivity index (χ0) is 18.4. The maximum Gasteiger partial charge on any atom is 0.257 e. The molecule has 1 atom stereocenters. The fourth-order valence-corrected chi connectivity index (χ4v) is 3.19. The second-order valence-electron chi connectivity index (χ2n) is 5.84. The lowest BCUT2D eigenvalue weighted by atomic mass is 10.1. The van der Waals surface area contributed by atoms with Crippen LogP contribution in [0.4, 0.5) is 5.13 Å². The van der Waals surface area contributed by atoms with E-state index in [1.165, 1.54) is 11.3 Å². The highest BCUT2D eigenvalue weighted by molar-refractivity contribution is 7.14. The van der Waals surface area contributed by atoms with E-state index in [9.17, 15) is 9.59 Å². The molecule has 0 aliphatic carbocycles. The Morgan fingerprint density at radius 2 is 1.69 bits per heavy atom. The molecule has 0 aliphatic rings. The van der Waals surface area contributed by atoms with Crippen molar-refractivity contribution < 1.29 is 9.59 Å². The van der Waals surface area contributed by atoms with Crippen LogP contribution in [0.2, 0.25) is 0 Å². The Labute approximate surface area is 156 Å². The molecule has 2 aromatic carbocycles. The number of anilines is 1. The van der Waals surface area contributed by atoms with Crippen LogP contribution in [-0.4, -0.2) is 16.8 Å². The average Bonchev–Trinajstić information content (AvgIpc) is 3.09. The van der Waals surface area contributed by atoms with Crippen molar-refractivity contribution in [3.8, 4) is 0 Å². The molecule has 0 saturated carbocycles. The first-order chi connectivity index (χ1) is 12.6. The molecule has 0 radical (unpaired) electrons. The van der Waals surface area contributed by atoms with Crippen LogP contribution in [0.25, 0.3) is 0 Å². The van der Waals surface area contributed by atoms with Crippen LogP contribution < -0.4 is 10.6 Å². The molecule has 3 aromatic rings. The van der Waals surface area contributed by atoms with E-state index >= 15 is 0 Å². The molecular formula is C20H19N3O2S. The van der Waals surface area contributed by atoms with Gasteiger partial charge in [-0.25, -0.2) is 4.98 Å². The van der Waals surface area contributed by atoms with Crippen molar-refractivity contribution in [3.05, 3.63) is 82.9 Å². The fourth-order valence-electron chi connectivity index (χ4n) is 2.49. The molecule has 26 heavy (non-hydrogen) atoms. The highest BCUT2D eigenvalue weighted by atomic mass is 32.1. The van der Waals surface area contributed by atoms with Gasteiger partial charge in [0.15, 0.2) is 5.13 Å². The van der Waals surface area contributed by atoms with Gasteiger partial charge in [0.1, 0.15) is 0 Å². The van der Waals surface area contributed by atoms with E-state index in [2.05, 4.69) is 15.6 Å². The van der Waals surface area contributed by atoms with E-state index in [-0.39, 0.29) is 24.3 Å². The van der Waals surface area contributed by atoms with Crippen molar-refractivity contribution in [1.82, 2.24) is 10.3 Å². The monoisotopic (exact) mass is 365 g/mol.